The van der Waals surface area contributed by atoms with Crippen LogP contribution in [0.25, 0.3) is 22.2 Å². The first-order valence-electron chi connectivity index (χ1n) is 9.37. The van der Waals surface area contributed by atoms with Crippen molar-refractivity contribution in [1.29, 1.82) is 5.26 Å². The van der Waals surface area contributed by atoms with Gasteiger partial charge in [-0.1, -0.05) is 35.9 Å². The smallest absolute Gasteiger partial charge is 0.148 e. The first-order valence-corrected chi connectivity index (χ1v) is 9.75. The van der Waals surface area contributed by atoms with Crippen LogP contribution in [0.2, 0.25) is 5.02 Å². The second-order valence-corrected chi connectivity index (χ2v) is 7.15. The van der Waals surface area contributed by atoms with Crippen molar-refractivity contribution in [2.75, 3.05) is 5.73 Å². The van der Waals surface area contributed by atoms with Crippen molar-refractivity contribution >= 4 is 46.1 Å². The van der Waals surface area contributed by atoms with E-state index < -0.39 is 5.82 Å². The summed E-state index contributed by atoms with van der Waals surface area (Å²) in [5, 5.41) is 14.8. The molecule has 4 aromatic rings. The van der Waals surface area contributed by atoms with Crippen LogP contribution < -0.4 is 11.6 Å². The maximum Gasteiger partial charge on any atom is 0.148 e. The Morgan fingerprint density at radius 3 is 2.62 bits per heavy atom. The fourth-order valence-corrected chi connectivity index (χ4v) is 3.46. The van der Waals surface area contributed by atoms with Crippen LogP contribution in [-0.2, 0) is 6.54 Å². The van der Waals surface area contributed by atoms with Gasteiger partial charge >= 0.3 is 0 Å². The van der Waals surface area contributed by atoms with Gasteiger partial charge < -0.3 is 16.1 Å². The van der Waals surface area contributed by atoms with E-state index in [0.717, 1.165) is 5.56 Å². The molecular weight excluding hydrogens is 431 g/mol. The summed E-state index contributed by atoms with van der Waals surface area (Å²) in [4.78, 5) is 12.5. The van der Waals surface area contributed by atoms with E-state index in [1.807, 2.05) is 0 Å². The zero-order valence-electron chi connectivity index (χ0n) is 16.6. The molecule has 0 spiro atoms. The lowest BCUT2D eigenvalue weighted by Crippen LogP contribution is -2.15. The molecule has 0 bridgehead atoms. The van der Waals surface area contributed by atoms with Crippen molar-refractivity contribution < 1.29 is 4.39 Å². The Labute approximate surface area is 187 Å². The number of hydrogen-bond donors (Lipinski definition) is 2. The van der Waals surface area contributed by atoms with Crippen LogP contribution in [0.15, 0.2) is 65.0 Å². The van der Waals surface area contributed by atoms with E-state index in [-0.39, 0.29) is 23.7 Å². The molecular formula is C22H16ClFN8. The number of nitrogens with zero attached hydrogens (tertiary/aromatic N) is 6. The first kappa shape index (κ1) is 21.0. The van der Waals surface area contributed by atoms with Crippen molar-refractivity contribution in [3.8, 4) is 17.2 Å². The van der Waals surface area contributed by atoms with E-state index in [4.69, 9.17) is 23.2 Å². The summed E-state index contributed by atoms with van der Waals surface area (Å²) < 4.78 is 15.5. The highest BCUT2D eigenvalue weighted by Crippen LogP contribution is 2.36. The fraction of sp³-hybridized carbons (Fsp3) is 0.0455. The number of hydrazone groups is 1. The molecule has 10 heteroatoms. The van der Waals surface area contributed by atoms with Crippen LogP contribution in [0.3, 0.4) is 0 Å². The molecule has 0 unspecified atom stereocenters. The second kappa shape index (κ2) is 8.83. The molecule has 158 valence electrons. The molecule has 4 rings (SSSR count). The Kier molecular flexibility index (Phi) is 5.79. The Bertz CT molecular complexity index is 1400. The number of fused-ring (bicyclic) bond motifs is 1. The summed E-state index contributed by atoms with van der Waals surface area (Å²) in [7, 11) is 0. The maximum atomic E-state index is 13.9. The van der Waals surface area contributed by atoms with Crippen molar-refractivity contribution in [2.45, 2.75) is 6.54 Å². The summed E-state index contributed by atoms with van der Waals surface area (Å²) in [6, 6.07) is 15.3. The fourth-order valence-electron chi connectivity index (χ4n) is 3.34. The summed E-state index contributed by atoms with van der Waals surface area (Å²) in [6.07, 6.45) is 2.66. The number of nitriles is 1. The summed E-state index contributed by atoms with van der Waals surface area (Å²) >= 11 is 6.02. The molecule has 0 aliphatic rings. The molecule has 0 radical (unpaired) electrons. The van der Waals surface area contributed by atoms with Crippen molar-refractivity contribution in [3.63, 3.8) is 0 Å². The highest BCUT2D eigenvalue weighted by Gasteiger charge is 2.22. The summed E-state index contributed by atoms with van der Waals surface area (Å²) in [5.41, 5.74) is 8.60. The highest BCUT2D eigenvalue weighted by molar-refractivity contribution is 6.31. The molecule has 32 heavy (non-hydrogen) atoms. The van der Waals surface area contributed by atoms with Gasteiger partial charge in [-0.05, 0) is 29.8 Å². The van der Waals surface area contributed by atoms with Crippen LogP contribution in [-0.4, -0.2) is 26.5 Å². The number of rotatable bonds is 5. The molecule has 0 aliphatic heterocycles. The van der Waals surface area contributed by atoms with Crippen LogP contribution in [0.4, 0.5) is 15.9 Å². The van der Waals surface area contributed by atoms with E-state index >= 15 is 0 Å². The van der Waals surface area contributed by atoms with Gasteiger partial charge in [0.15, 0.2) is 0 Å². The summed E-state index contributed by atoms with van der Waals surface area (Å²) in [6.45, 7) is 0.0535. The predicted molar refractivity (Wildman–Crippen MR) is 123 cm³/mol. The number of anilines is 1. The molecule has 2 aromatic heterocycles. The molecule has 0 atom stereocenters. The Morgan fingerprint density at radius 1 is 1.19 bits per heavy atom. The lowest BCUT2D eigenvalue weighted by Gasteiger charge is -2.06. The summed E-state index contributed by atoms with van der Waals surface area (Å²) in [5.74, 6) is 5.30. The topological polar surface area (TPSA) is 131 Å². The molecule has 0 saturated carbocycles. The van der Waals surface area contributed by atoms with Gasteiger partial charge in [0.25, 0.3) is 0 Å². The number of para-hydroxylation sites is 1. The second-order valence-electron chi connectivity index (χ2n) is 6.72. The number of hydrogen-bond acceptors (Lipinski definition) is 7. The van der Waals surface area contributed by atoms with Gasteiger partial charge in [0, 0.05) is 10.6 Å². The molecule has 2 aromatic carbocycles. The van der Waals surface area contributed by atoms with Gasteiger partial charge in [-0.15, -0.1) is 0 Å². The first-order chi connectivity index (χ1) is 15.5. The van der Waals surface area contributed by atoms with E-state index in [0.29, 0.717) is 27.3 Å². The minimum Gasteiger partial charge on any atom is -0.383 e. The van der Waals surface area contributed by atoms with Crippen LogP contribution in [0.5, 0.6) is 0 Å². The molecule has 4 N–H and O–H groups in total. The van der Waals surface area contributed by atoms with Crippen molar-refractivity contribution in [1.82, 2.24) is 14.5 Å². The van der Waals surface area contributed by atoms with Gasteiger partial charge in [0.1, 0.15) is 35.4 Å². The van der Waals surface area contributed by atoms with Gasteiger partial charge in [0.05, 0.1) is 29.5 Å². The Morgan fingerprint density at radius 2 is 1.94 bits per heavy atom. The lowest BCUT2D eigenvalue weighted by atomic mass is 10.0. The third-order valence-corrected chi connectivity index (χ3v) is 5.05. The molecule has 0 amide bonds. The third-order valence-electron chi connectivity index (χ3n) is 4.80. The monoisotopic (exact) mass is 446 g/mol. The number of nitrogen functional groups attached to an aromatic ring is 1. The van der Waals surface area contributed by atoms with Crippen LogP contribution >= 0.6 is 11.6 Å². The van der Waals surface area contributed by atoms with Gasteiger partial charge in [-0.2, -0.15) is 10.4 Å². The zero-order chi connectivity index (χ0) is 22.7. The minimum atomic E-state index is -0.477. The van der Waals surface area contributed by atoms with Gasteiger partial charge in [0.2, 0.25) is 0 Å². The third kappa shape index (κ3) is 3.87. The SMILES string of the molecule is N#Cc1c(-c2ccc(Cl)cc2)c2c(N)ncnc2n1CC(C=Nc1ccccc1F)=NN. The number of aliphatic imine (C=N–C) groups is 1. The molecule has 8 nitrogen and oxygen atoms in total. The Hall–Kier alpha value is -4.29. The molecule has 0 fully saturated rings. The zero-order valence-corrected chi connectivity index (χ0v) is 17.3. The van der Waals surface area contributed by atoms with Crippen LogP contribution in [0, 0.1) is 17.1 Å². The predicted octanol–water partition coefficient (Wildman–Crippen LogP) is 4.06. The normalized spacial score (nSPS) is 11.8. The maximum absolute atomic E-state index is 13.9. The number of halogens is 2. The average molecular weight is 447 g/mol. The highest BCUT2D eigenvalue weighted by atomic mass is 35.5. The quantitative estimate of drug-likeness (QED) is 0.271. The van der Waals surface area contributed by atoms with E-state index in [2.05, 4.69) is 26.1 Å². The van der Waals surface area contributed by atoms with E-state index in [1.165, 1.54) is 24.7 Å². The largest absolute Gasteiger partial charge is 0.383 e. The van der Waals surface area contributed by atoms with Gasteiger partial charge in [-0.25, -0.2) is 14.4 Å². The molecule has 0 saturated heterocycles. The molecule has 0 aliphatic carbocycles. The number of benzene rings is 2. The van der Waals surface area contributed by atoms with Crippen LogP contribution in [0.1, 0.15) is 5.69 Å². The standard InChI is InChI=1S/C22H16ClFN8/c23-14-7-5-13(6-8-14)19-18(9-25)32(22-20(19)21(26)29-12-30-22)11-15(31-27)10-28-17-4-2-1-3-16(17)24/h1-8,10,12H,11,27H2,(H2,26,29,30). The van der Waals surface area contributed by atoms with E-state index in [9.17, 15) is 9.65 Å². The average Bonchev–Trinajstić information content (AvgIpc) is 3.12. The molecule has 2 heterocycles. The lowest BCUT2D eigenvalue weighted by molar-refractivity contribution is 0.630. The van der Waals surface area contributed by atoms with E-state index in [1.54, 1.807) is 41.0 Å². The number of aromatic nitrogens is 3. The Balaban J connectivity index is 1.84. The minimum absolute atomic E-state index is 0.0535. The van der Waals surface area contributed by atoms with Gasteiger partial charge in [-0.3, -0.25) is 4.99 Å². The number of nitrogens with two attached hydrogens (primary N) is 2. The van der Waals surface area contributed by atoms with Crippen molar-refractivity contribution in [3.05, 3.63) is 71.4 Å². The van der Waals surface area contributed by atoms with Crippen molar-refractivity contribution in [2.24, 2.45) is 15.9 Å².